The third-order valence-electron chi connectivity index (χ3n) is 4.10. The molecule has 2 aromatic rings. The standard InChI is InChI=1S/C17H19F3N2O5S/c1-10-6-7-14(27-10)16(24,17(18,19)20)9-15(23)22-11(2)12-4-3-5-13(8-12)28(21,25)26/h3-8,11,24H,9H2,1-2H3,(H,22,23)(H2,21,25,26)/t11-,16+/m1/s1. The van der Waals surface area contributed by atoms with Crippen molar-refractivity contribution < 1.29 is 35.9 Å². The van der Waals surface area contributed by atoms with E-state index in [1.807, 2.05) is 0 Å². The van der Waals surface area contributed by atoms with Crippen molar-refractivity contribution >= 4 is 15.9 Å². The molecule has 11 heteroatoms. The minimum atomic E-state index is -5.16. The van der Waals surface area contributed by atoms with Gasteiger partial charge in [0, 0.05) is 0 Å². The Labute approximate surface area is 159 Å². The summed E-state index contributed by atoms with van der Waals surface area (Å²) in [7, 11) is -3.98. The number of primary sulfonamides is 1. The molecule has 0 radical (unpaired) electrons. The lowest BCUT2D eigenvalue weighted by molar-refractivity contribution is -0.273. The lowest BCUT2D eigenvalue weighted by Crippen LogP contribution is -2.46. The van der Waals surface area contributed by atoms with Crippen LogP contribution in [0.1, 0.15) is 36.5 Å². The molecule has 28 heavy (non-hydrogen) atoms. The van der Waals surface area contributed by atoms with Crippen molar-refractivity contribution in [2.24, 2.45) is 5.14 Å². The fraction of sp³-hybridized carbons (Fsp3) is 0.353. The van der Waals surface area contributed by atoms with E-state index in [1.54, 1.807) is 0 Å². The lowest BCUT2D eigenvalue weighted by atomic mass is 9.95. The number of aryl methyl sites for hydroxylation is 1. The van der Waals surface area contributed by atoms with E-state index in [4.69, 9.17) is 9.56 Å². The number of alkyl halides is 3. The second kappa shape index (κ2) is 7.57. The highest BCUT2D eigenvalue weighted by atomic mass is 32.2. The summed E-state index contributed by atoms with van der Waals surface area (Å²) in [6.45, 7) is 2.85. The summed E-state index contributed by atoms with van der Waals surface area (Å²) in [5.41, 5.74) is -3.20. The Morgan fingerprint density at radius 3 is 2.43 bits per heavy atom. The molecular formula is C17H19F3N2O5S. The van der Waals surface area contributed by atoms with Gasteiger partial charge in [-0.15, -0.1) is 0 Å². The Morgan fingerprint density at radius 2 is 1.93 bits per heavy atom. The van der Waals surface area contributed by atoms with E-state index in [0.29, 0.717) is 5.56 Å². The molecule has 2 rings (SSSR count). The first-order valence-electron chi connectivity index (χ1n) is 8.02. The van der Waals surface area contributed by atoms with E-state index in [-0.39, 0.29) is 10.7 Å². The average molecular weight is 420 g/mol. The van der Waals surface area contributed by atoms with Crippen molar-refractivity contribution in [2.45, 2.75) is 43.0 Å². The van der Waals surface area contributed by atoms with Crippen LogP contribution in [0, 0.1) is 6.92 Å². The number of aliphatic hydroxyl groups is 1. The summed E-state index contributed by atoms with van der Waals surface area (Å²) in [5, 5.41) is 17.5. The number of hydrogen-bond acceptors (Lipinski definition) is 5. The molecule has 0 unspecified atom stereocenters. The van der Waals surface area contributed by atoms with Gasteiger partial charge in [-0.05, 0) is 43.7 Å². The Bertz CT molecular complexity index is 971. The lowest BCUT2D eigenvalue weighted by Gasteiger charge is -2.28. The van der Waals surface area contributed by atoms with Gasteiger partial charge in [0.15, 0.2) is 0 Å². The zero-order valence-corrected chi connectivity index (χ0v) is 15.8. The fourth-order valence-corrected chi connectivity index (χ4v) is 3.12. The number of benzene rings is 1. The number of carbonyl (C=O) groups is 1. The number of furan rings is 1. The van der Waals surface area contributed by atoms with E-state index in [1.165, 1.54) is 44.2 Å². The molecule has 0 bridgehead atoms. The van der Waals surface area contributed by atoms with Gasteiger partial charge in [-0.2, -0.15) is 13.2 Å². The van der Waals surface area contributed by atoms with Gasteiger partial charge in [0.2, 0.25) is 21.5 Å². The summed E-state index contributed by atoms with van der Waals surface area (Å²) in [4.78, 5) is 12.0. The van der Waals surface area contributed by atoms with Gasteiger partial charge in [0.1, 0.15) is 11.5 Å². The van der Waals surface area contributed by atoms with Crippen LogP contribution in [-0.2, 0) is 20.4 Å². The Balaban J connectivity index is 2.22. The molecule has 7 nitrogen and oxygen atoms in total. The molecule has 0 aliphatic rings. The van der Waals surface area contributed by atoms with Crippen LogP contribution in [-0.4, -0.2) is 25.6 Å². The quantitative estimate of drug-likeness (QED) is 0.662. The van der Waals surface area contributed by atoms with Crippen LogP contribution < -0.4 is 10.5 Å². The molecule has 154 valence electrons. The Hall–Kier alpha value is -2.37. The number of halogens is 3. The molecule has 0 saturated heterocycles. The smallest absolute Gasteiger partial charge is 0.425 e. The van der Waals surface area contributed by atoms with Crippen LogP contribution in [0.3, 0.4) is 0 Å². The monoisotopic (exact) mass is 420 g/mol. The predicted octanol–water partition coefficient (Wildman–Crippen LogP) is 2.25. The van der Waals surface area contributed by atoms with Crippen LogP contribution >= 0.6 is 0 Å². The third-order valence-corrected chi connectivity index (χ3v) is 5.01. The normalized spacial score (nSPS) is 15.7. The summed E-state index contributed by atoms with van der Waals surface area (Å²) in [6.07, 6.45) is -6.49. The summed E-state index contributed by atoms with van der Waals surface area (Å²) >= 11 is 0. The molecule has 0 saturated carbocycles. The van der Waals surface area contributed by atoms with Crippen LogP contribution in [0.25, 0.3) is 0 Å². The van der Waals surface area contributed by atoms with Gasteiger partial charge in [0.05, 0.1) is 17.4 Å². The molecule has 1 aromatic carbocycles. The van der Waals surface area contributed by atoms with Crippen LogP contribution in [0.5, 0.6) is 0 Å². The van der Waals surface area contributed by atoms with Crippen LogP contribution in [0.4, 0.5) is 13.2 Å². The molecule has 0 spiro atoms. The maximum Gasteiger partial charge on any atom is 0.425 e. The zero-order chi connectivity index (χ0) is 21.3. The topological polar surface area (TPSA) is 123 Å². The van der Waals surface area contributed by atoms with Gasteiger partial charge in [-0.25, -0.2) is 13.6 Å². The first kappa shape index (κ1) is 21.9. The molecule has 0 fully saturated rings. The molecule has 0 aliphatic carbocycles. The summed E-state index contributed by atoms with van der Waals surface area (Å²) in [6, 6.07) is 6.66. The molecule has 4 N–H and O–H groups in total. The van der Waals surface area contributed by atoms with Crippen molar-refractivity contribution in [1.82, 2.24) is 5.32 Å². The molecule has 2 atom stereocenters. The second-order valence-electron chi connectivity index (χ2n) is 6.35. The number of hydrogen-bond donors (Lipinski definition) is 3. The highest BCUT2D eigenvalue weighted by Gasteiger charge is 2.58. The molecule has 0 aliphatic heterocycles. The first-order chi connectivity index (χ1) is 12.7. The number of nitrogens with one attached hydrogen (secondary N) is 1. The van der Waals surface area contributed by atoms with E-state index >= 15 is 0 Å². The number of carbonyl (C=O) groups excluding carboxylic acids is 1. The fourth-order valence-electron chi connectivity index (χ4n) is 2.55. The van der Waals surface area contributed by atoms with Gasteiger partial charge in [0.25, 0.3) is 0 Å². The predicted molar refractivity (Wildman–Crippen MR) is 92.4 cm³/mol. The molecule has 1 aromatic heterocycles. The maximum absolute atomic E-state index is 13.4. The van der Waals surface area contributed by atoms with Gasteiger partial charge in [-0.1, -0.05) is 12.1 Å². The largest absolute Gasteiger partial charge is 0.463 e. The minimum Gasteiger partial charge on any atom is -0.463 e. The molecular weight excluding hydrogens is 401 g/mol. The minimum absolute atomic E-state index is 0.145. The zero-order valence-electron chi connectivity index (χ0n) is 14.9. The van der Waals surface area contributed by atoms with E-state index < -0.39 is 45.9 Å². The van der Waals surface area contributed by atoms with Crippen molar-refractivity contribution in [3.8, 4) is 0 Å². The number of sulfonamides is 1. The summed E-state index contributed by atoms with van der Waals surface area (Å²) in [5.74, 6) is -1.76. The van der Waals surface area contributed by atoms with Gasteiger partial charge in [-0.3, -0.25) is 4.79 Å². The maximum atomic E-state index is 13.4. The number of nitrogens with two attached hydrogens (primary N) is 1. The number of rotatable bonds is 6. The van der Waals surface area contributed by atoms with Crippen molar-refractivity contribution in [1.29, 1.82) is 0 Å². The highest BCUT2D eigenvalue weighted by molar-refractivity contribution is 7.89. The average Bonchev–Trinajstić information content (AvgIpc) is 3.00. The van der Waals surface area contributed by atoms with E-state index in [9.17, 15) is 31.5 Å². The molecule has 1 heterocycles. The van der Waals surface area contributed by atoms with Crippen LogP contribution in [0.15, 0.2) is 45.7 Å². The van der Waals surface area contributed by atoms with Crippen molar-refractivity contribution in [3.05, 3.63) is 53.5 Å². The van der Waals surface area contributed by atoms with E-state index in [0.717, 1.165) is 6.07 Å². The van der Waals surface area contributed by atoms with Crippen molar-refractivity contribution in [3.63, 3.8) is 0 Å². The first-order valence-corrected chi connectivity index (χ1v) is 9.57. The van der Waals surface area contributed by atoms with E-state index in [2.05, 4.69) is 5.32 Å². The van der Waals surface area contributed by atoms with Gasteiger partial charge < -0.3 is 14.8 Å². The Morgan fingerprint density at radius 1 is 1.29 bits per heavy atom. The van der Waals surface area contributed by atoms with Crippen LogP contribution in [0.2, 0.25) is 0 Å². The second-order valence-corrected chi connectivity index (χ2v) is 7.91. The molecule has 1 amide bonds. The SMILES string of the molecule is Cc1ccc([C@@](O)(CC(=O)N[C@H](C)c2cccc(S(N)(=O)=O)c2)C(F)(F)F)o1. The van der Waals surface area contributed by atoms with Crippen molar-refractivity contribution in [2.75, 3.05) is 0 Å². The summed E-state index contributed by atoms with van der Waals surface area (Å²) < 4.78 is 68.0. The Kier molecular flexibility index (Phi) is 5.93. The third kappa shape index (κ3) is 4.72. The number of amides is 1. The van der Waals surface area contributed by atoms with Gasteiger partial charge >= 0.3 is 6.18 Å². The highest BCUT2D eigenvalue weighted by Crippen LogP contribution is 2.42.